The lowest BCUT2D eigenvalue weighted by Gasteiger charge is -2.34. The summed E-state index contributed by atoms with van der Waals surface area (Å²) in [5.41, 5.74) is 2.45. The minimum Gasteiger partial charge on any atom is -0.454 e. The first kappa shape index (κ1) is 19.8. The highest BCUT2D eigenvalue weighted by Gasteiger charge is 2.35. The molecule has 0 fully saturated rings. The quantitative estimate of drug-likeness (QED) is 0.603. The Morgan fingerprint density at radius 1 is 1.25 bits per heavy atom. The molecular formula is C23H19FN4O4. The summed E-state index contributed by atoms with van der Waals surface area (Å²) in [7, 11) is 0. The van der Waals surface area contributed by atoms with E-state index < -0.39 is 11.9 Å². The molecule has 1 atom stereocenters. The van der Waals surface area contributed by atoms with Gasteiger partial charge in [-0.3, -0.25) is 4.90 Å². The summed E-state index contributed by atoms with van der Waals surface area (Å²) < 4.78 is 30.3. The lowest BCUT2D eigenvalue weighted by atomic mass is 9.94. The minimum atomic E-state index is -0.663. The van der Waals surface area contributed by atoms with E-state index in [2.05, 4.69) is 22.0 Å². The van der Waals surface area contributed by atoms with Gasteiger partial charge in [0.25, 0.3) is 5.89 Å². The van der Waals surface area contributed by atoms with Gasteiger partial charge in [-0.05, 0) is 42.8 Å². The zero-order valence-corrected chi connectivity index (χ0v) is 17.2. The second-order valence-corrected chi connectivity index (χ2v) is 7.33. The largest absolute Gasteiger partial charge is 0.454 e. The number of rotatable bonds is 5. The van der Waals surface area contributed by atoms with Crippen LogP contribution in [0.3, 0.4) is 0 Å². The number of halogens is 1. The number of fused-ring (bicyclic) bond motifs is 1. The van der Waals surface area contributed by atoms with Crippen LogP contribution in [0.25, 0.3) is 17.0 Å². The maximum atomic E-state index is 14.0. The molecule has 8 nitrogen and oxygen atoms in total. The zero-order chi connectivity index (χ0) is 22.2. The third-order valence-corrected chi connectivity index (χ3v) is 5.38. The molecule has 0 saturated heterocycles. The monoisotopic (exact) mass is 434 g/mol. The molecule has 0 radical (unpaired) electrons. The van der Waals surface area contributed by atoms with Gasteiger partial charge in [0.05, 0.1) is 11.6 Å². The molecule has 2 aromatic carbocycles. The van der Waals surface area contributed by atoms with Crippen molar-refractivity contribution in [2.75, 3.05) is 13.3 Å². The van der Waals surface area contributed by atoms with Crippen molar-refractivity contribution in [1.29, 1.82) is 0 Å². The lowest BCUT2D eigenvalue weighted by molar-refractivity contribution is 0.174. The number of nitrogens with one attached hydrogen (secondary N) is 1. The first-order valence-electron chi connectivity index (χ1n) is 9.94. The Hall–Kier alpha value is -4.14. The first-order valence-corrected chi connectivity index (χ1v) is 9.94. The highest BCUT2D eigenvalue weighted by molar-refractivity contribution is 5.87. The average Bonchev–Trinajstić information content (AvgIpc) is 3.45. The van der Waals surface area contributed by atoms with Crippen LogP contribution in [0.15, 0.2) is 65.3 Å². The number of nitrogens with zero attached hydrogens (tertiary/aromatic N) is 3. The van der Waals surface area contributed by atoms with Crippen LogP contribution >= 0.6 is 0 Å². The Morgan fingerprint density at radius 2 is 2.09 bits per heavy atom. The summed E-state index contributed by atoms with van der Waals surface area (Å²) in [5.74, 6) is 1.41. The predicted octanol–water partition coefficient (Wildman–Crippen LogP) is 4.29. The fourth-order valence-corrected chi connectivity index (χ4v) is 3.83. The number of aromatic nitrogens is 2. The Kier molecular flexibility index (Phi) is 4.85. The van der Waals surface area contributed by atoms with E-state index in [4.69, 9.17) is 14.0 Å². The van der Waals surface area contributed by atoms with E-state index >= 15 is 0 Å². The van der Waals surface area contributed by atoms with Crippen molar-refractivity contribution in [3.05, 3.63) is 78.1 Å². The van der Waals surface area contributed by atoms with Crippen molar-refractivity contribution in [3.63, 3.8) is 0 Å². The van der Waals surface area contributed by atoms with E-state index in [1.165, 1.54) is 17.0 Å². The second-order valence-electron chi connectivity index (χ2n) is 7.33. The highest BCUT2D eigenvalue weighted by atomic mass is 19.1. The lowest BCUT2D eigenvalue weighted by Crippen LogP contribution is -2.46. The van der Waals surface area contributed by atoms with Gasteiger partial charge >= 0.3 is 6.03 Å². The van der Waals surface area contributed by atoms with Crippen molar-refractivity contribution in [3.8, 4) is 22.9 Å². The van der Waals surface area contributed by atoms with Crippen molar-refractivity contribution in [2.24, 2.45) is 0 Å². The Balaban J connectivity index is 1.59. The van der Waals surface area contributed by atoms with E-state index in [0.717, 1.165) is 0 Å². The fourth-order valence-electron chi connectivity index (χ4n) is 3.83. The van der Waals surface area contributed by atoms with Crippen molar-refractivity contribution < 1.29 is 23.2 Å². The van der Waals surface area contributed by atoms with E-state index in [0.29, 0.717) is 46.3 Å². The van der Waals surface area contributed by atoms with Gasteiger partial charge in [0, 0.05) is 17.8 Å². The molecule has 1 aromatic heterocycles. The second kappa shape index (κ2) is 7.84. The predicted molar refractivity (Wildman–Crippen MR) is 113 cm³/mol. The number of amides is 2. The SMILES string of the molecule is C=CCN1C(=O)NC(c2cccc(F)c2)C(c2nc(-c3ccc4c(c3)OCO4)no2)=C1C. The Morgan fingerprint density at radius 3 is 2.91 bits per heavy atom. The van der Waals surface area contributed by atoms with E-state index in [1.54, 1.807) is 43.3 Å². The average molecular weight is 434 g/mol. The van der Waals surface area contributed by atoms with Gasteiger partial charge in [-0.15, -0.1) is 6.58 Å². The number of hydrogen-bond acceptors (Lipinski definition) is 6. The first-order chi connectivity index (χ1) is 15.5. The number of urea groups is 1. The van der Waals surface area contributed by atoms with E-state index in [9.17, 15) is 9.18 Å². The third-order valence-electron chi connectivity index (χ3n) is 5.38. The number of carbonyl (C=O) groups excluding carboxylic acids is 1. The van der Waals surface area contributed by atoms with Gasteiger partial charge in [-0.2, -0.15) is 4.98 Å². The minimum absolute atomic E-state index is 0.163. The van der Waals surface area contributed by atoms with Crippen LogP contribution in [-0.2, 0) is 0 Å². The van der Waals surface area contributed by atoms with Crippen LogP contribution in [-0.4, -0.2) is 34.4 Å². The zero-order valence-electron chi connectivity index (χ0n) is 17.2. The highest BCUT2D eigenvalue weighted by Crippen LogP contribution is 2.39. The molecule has 3 heterocycles. The van der Waals surface area contributed by atoms with Crippen molar-refractivity contribution >= 4 is 11.6 Å². The van der Waals surface area contributed by atoms with E-state index in [-0.39, 0.29) is 18.7 Å². The third kappa shape index (κ3) is 3.37. The number of ether oxygens (including phenoxy) is 2. The molecular weight excluding hydrogens is 415 g/mol. The smallest absolute Gasteiger partial charge is 0.322 e. The number of benzene rings is 2. The van der Waals surface area contributed by atoms with Gasteiger partial charge in [0.2, 0.25) is 12.6 Å². The van der Waals surface area contributed by atoms with Crippen LogP contribution in [0.5, 0.6) is 11.5 Å². The fraction of sp³-hybridized carbons (Fsp3) is 0.174. The number of allylic oxidation sites excluding steroid dienone is 1. The molecule has 3 aromatic rings. The van der Waals surface area contributed by atoms with Crippen LogP contribution in [0, 0.1) is 5.82 Å². The Bertz CT molecular complexity index is 1250. The summed E-state index contributed by atoms with van der Waals surface area (Å²) in [6.07, 6.45) is 1.62. The van der Waals surface area contributed by atoms with Gasteiger partial charge in [-0.1, -0.05) is 23.4 Å². The maximum absolute atomic E-state index is 14.0. The molecule has 162 valence electrons. The molecule has 0 bridgehead atoms. The topological polar surface area (TPSA) is 89.7 Å². The van der Waals surface area contributed by atoms with Crippen LogP contribution in [0.1, 0.15) is 24.4 Å². The van der Waals surface area contributed by atoms with Gasteiger partial charge in [0.1, 0.15) is 5.82 Å². The molecule has 9 heteroatoms. The van der Waals surface area contributed by atoms with Gasteiger partial charge in [0.15, 0.2) is 11.5 Å². The molecule has 1 unspecified atom stereocenters. The summed E-state index contributed by atoms with van der Waals surface area (Å²) in [6.45, 7) is 5.96. The molecule has 32 heavy (non-hydrogen) atoms. The molecule has 1 N–H and O–H groups in total. The molecule has 5 rings (SSSR count). The van der Waals surface area contributed by atoms with Crippen LogP contribution < -0.4 is 14.8 Å². The molecule has 2 aliphatic heterocycles. The summed E-state index contributed by atoms with van der Waals surface area (Å²) in [6, 6.07) is 10.4. The van der Waals surface area contributed by atoms with Gasteiger partial charge in [-0.25, -0.2) is 9.18 Å². The van der Waals surface area contributed by atoms with Crippen LogP contribution in [0.4, 0.5) is 9.18 Å². The maximum Gasteiger partial charge on any atom is 0.322 e. The molecule has 0 saturated carbocycles. The molecule has 0 spiro atoms. The molecule has 0 aliphatic carbocycles. The van der Waals surface area contributed by atoms with Crippen LogP contribution in [0.2, 0.25) is 0 Å². The number of hydrogen-bond donors (Lipinski definition) is 1. The standard InChI is InChI=1S/C23H19FN4O4/c1-3-9-28-13(2)19(20(25-23(28)29)14-5-4-6-16(24)10-14)22-26-21(27-32-22)15-7-8-17-18(11-15)31-12-30-17/h3-8,10-11,20H,1,9,12H2,2H3,(H,25,29). The van der Waals surface area contributed by atoms with Gasteiger partial charge < -0.3 is 19.3 Å². The van der Waals surface area contributed by atoms with E-state index in [1.807, 2.05) is 0 Å². The van der Waals surface area contributed by atoms with Crippen molar-refractivity contribution in [1.82, 2.24) is 20.4 Å². The molecule has 2 aliphatic rings. The van der Waals surface area contributed by atoms with Crippen molar-refractivity contribution in [2.45, 2.75) is 13.0 Å². The number of carbonyl (C=O) groups is 1. The normalized spacial score (nSPS) is 17.5. The molecule has 2 amide bonds. The summed E-state index contributed by atoms with van der Waals surface area (Å²) in [5, 5.41) is 7.02. The Labute approximate surface area is 182 Å². The summed E-state index contributed by atoms with van der Waals surface area (Å²) >= 11 is 0. The summed E-state index contributed by atoms with van der Waals surface area (Å²) in [4.78, 5) is 18.8.